The van der Waals surface area contributed by atoms with Crippen LogP contribution in [-0.2, 0) is 6.18 Å². The number of piperidine rings is 1. The first-order valence-electron chi connectivity index (χ1n) is 8.93. The van der Waals surface area contributed by atoms with Crippen molar-refractivity contribution >= 4 is 16.8 Å². The molecule has 2 heterocycles. The number of alkyl halides is 3. The third kappa shape index (κ3) is 3.34. The van der Waals surface area contributed by atoms with Crippen LogP contribution in [0, 0.1) is 5.82 Å². The summed E-state index contributed by atoms with van der Waals surface area (Å²) < 4.78 is 53.1. The van der Waals surface area contributed by atoms with Gasteiger partial charge in [0.2, 0.25) is 0 Å². The molecule has 1 amide bonds. The van der Waals surface area contributed by atoms with Crippen LogP contribution >= 0.6 is 0 Å². The van der Waals surface area contributed by atoms with Crippen LogP contribution < -0.4 is 0 Å². The van der Waals surface area contributed by atoms with E-state index < -0.39 is 17.6 Å². The number of nitrogens with one attached hydrogen (secondary N) is 1. The zero-order chi connectivity index (χ0) is 19.9. The summed E-state index contributed by atoms with van der Waals surface area (Å²) in [5.74, 6) is -0.994. The predicted molar refractivity (Wildman–Crippen MR) is 95.4 cm³/mol. The molecule has 1 fully saturated rings. The fourth-order valence-electron chi connectivity index (χ4n) is 3.81. The van der Waals surface area contributed by atoms with Crippen molar-refractivity contribution in [2.24, 2.45) is 0 Å². The molecular formula is C20H17F4N3O. The number of H-pyrrole nitrogens is 1. The summed E-state index contributed by atoms with van der Waals surface area (Å²) in [5, 5.41) is 7.17. The van der Waals surface area contributed by atoms with Crippen LogP contribution in [-0.4, -0.2) is 34.1 Å². The SMILES string of the molecule is O=C(c1n[nH]c2cc(F)ccc12)N1CCC(c2ccccc2C(F)(F)F)CC1. The van der Waals surface area contributed by atoms with Gasteiger partial charge in [-0.2, -0.15) is 18.3 Å². The molecule has 28 heavy (non-hydrogen) atoms. The van der Waals surface area contributed by atoms with E-state index in [0.717, 1.165) is 6.07 Å². The number of carbonyl (C=O) groups excluding carboxylic acids is 1. The average Bonchev–Trinajstić information content (AvgIpc) is 3.10. The first kappa shape index (κ1) is 18.5. The number of hydrogen-bond acceptors (Lipinski definition) is 2. The maximum atomic E-state index is 13.3. The molecule has 2 aromatic carbocycles. The van der Waals surface area contributed by atoms with Gasteiger partial charge in [0.25, 0.3) is 5.91 Å². The smallest absolute Gasteiger partial charge is 0.337 e. The number of likely N-dealkylation sites (tertiary alicyclic amines) is 1. The molecule has 4 rings (SSSR count). The van der Waals surface area contributed by atoms with Gasteiger partial charge in [-0.05, 0) is 48.6 Å². The first-order chi connectivity index (χ1) is 13.3. The molecular weight excluding hydrogens is 374 g/mol. The van der Waals surface area contributed by atoms with Crippen LogP contribution in [0.5, 0.6) is 0 Å². The molecule has 8 heteroatoms. The number of aromatic nitrogens is 2. The monoisotopic (exact) mass is 391 g/mol. The average molecular weight is 391 g/mol. The van der Waals surface area contributed by atoms with Crippen molar-refractivity contribution in [3.05, 3.63) is 65.1 Å². The van der Waals surface area contributed by atoms with Gasteiger partial charge < -0.3 is 4.90 Å². The summed E-state index contributed by atoms with van der Waals surface area (Å²) in [4.78, 5) is 14.4. The van der Waals surface area contributed by atoms with Gasteiger partial charge in [-0.15, -0.1) is 0 Å². The lowest BCUT2D eigenvalue weighted by Crippen LogP contribution is -2.38. The lowest BCUT2D eigenvalue weighted by atomic mass is 9.86. The van der Waals surface area contributed by atoms with Crippen LogP contribution in [0.4, 0.5) is 17.6 Å². The van der Waals surface area contributed by atoms with Gasteiger partial charge in [-0.25, -0.2) is 4.39 Å². The van der Waals surface area contributed by atoms with Crippen molar-refractivity contribution in [2.75, 3.05) is 13.1 Å². The van der Waals surface area contributed by atoms with Gasteiger partial charge >= 0.3 is 6.18 Å². The van der Waals surface area contributed by atoms with E-state index in [4.69, 9.17) is 0 Å². The summed E-state index contributed by atoms with van der Waals surface area (Å²) in [6.45, 7) is 0.677. The number of nitrogens with zero attached hydrogens (tertiary/aromatic N) is 2. The molecule has 0 bridgehead atoms. The molecule has 1 N–H and O–H groups in total. The normalized spacial score (nSPS) is 15.9. The Labute approximate surface area is 158 Å². The second kappa shape index (κ2) is 6.92. The predicted octanol–water partition coefficient (Wildman–Crippen LogP) is 4.74. The fourth-order valence-corrected chi connectivity index (χ4v) is 3.81. The molecule has 4 nitrogen and oxygen atoms in total. The van der Waals surface area contributed by atoms with Gasteiger partial charge in [-0.3, -0.25) is 9.89 Å². The Hall–Kier alpha value is -2.90. The number of hydrogen-bond donors (Lipinski definition) is 1. The fraction of sp³-hybridized carbons (Fsp3) is 0.300. The highest BCUT2D eigenvalue weighted by Gasteiger charge is 2.36. The minimum Gasteiger partial charge on any atom is -0.337 e. The molecule has 0 unspecified atom stereocenters. The molecule has 1 aliphatic heterocycles. The number of amides is 1. The Morgan fingerprint density at radius 2 is 1.82 bits per heavy atom. The zero-order valence-electron chi connectivity index (χ0n) is 14.8. The van der Waals surface area contributed by atoms with E-state index in [1.165, 1.54) is 30.3 Å². The van der Waals surface area contributed by atoms with E-state index >= 15 is 0 Å². The van der Waals surface area contributed by atoms with Crippen molar-refractivity contribution in [2.45, 2.75) is 24.9 Å². The number of benzene rings is 2. The largest absolute Gasteiger partial charge is 0.416 e. The Kier molecular flexibility index (Phi) is 4.56. The minimum absolute atomic E-state index is 0.198. The molecule has 0 aliphatic carbocycles. The van der Waals surface area contributed by atoms with Gasteiger partial charge in [0.05, 0.1) is 11.1 Å². The Morgan fingerprint density at radius 3 is 2.54 bits per heavy atom. The highest BCUT2D eigenvalue weighted by Crippen LogP contribution is 2.38. The van der Waals surface area contributed by atoms with Crippen LogP contribution in [0.2, 0.25) is 0 Å². The Balaban J connectivity index is 1.51. The minimum atomic E-state index is -4.40. The zero-order valence-corrected chi connectivity index (χ0v) is 14.8. The molecule has 3 aromatic rings. The van der Waals surface area contributed by atoms with Crippen LogP contribution in [0.3, 0.4) is 0 Å². The third-order valence-corrected chi connectivity index (χ3v) is 5.22. The highest BCUT2D eigenvalue weighted by molar-refractivity contribution is 6.04. The number of halogens is 4. The van der Waals surface area contributed by atoms with Crippen molar-refractivity contribution in [1.82, 2.24) is 15.1 Å². The van der Waals surface area contributed by atoms with E-state index in [9.17, 15) is 22.4 Å². The number of aromatic amines is 1. The summed E-state index contributed by atoms with van der Waals surface area (Å²) in [6.07, 6.45) is -3.52. The molecule has 1 aliphatic rings. The maximum Gasteiger partial charge on any atom is 0.416 e. The third-order valence-electron chi connectivity index (χ3n) is 5.22. The summed E-state index contributed by atoms with van der Waals surface area (Å²) in [7, 11) is 0. The van der Waals surface area contributed by atoms with Crippen LogP contribution in [0.1, 0.15) is 40.4 Å². The molecule has 0 saturated carbocycles. The Morgan fingerprint density at radius 1 is 1.11 bits per heavy atom. The molecule has 146 valence electrons. The van der Waals surface area contributed by atoms with Gasteiger partial charge in [0, 0.05) is 18.5 Å². The van der Waals surface area contributed by atoms with Gasteiger partial charge in [0.15, 0.2) is 5.69 Å². The summed E-state index contributed by atoms with van der Waals surface area (Å²) in [5.41, 5.74) is 0.296. The first-order valence-corrected chi connectivity index (χ1v) is 8.93. The van der Waals surface area contributed by atoms with E-state index in [0.29, 0.717) is 36.8 Å². The van der Waals surface area contributed by atoms with Crippen molar-refractivity contribution in [3.8, 4) is 0 Å². The molecule has 1 saturated heterocycles. The van der Waals surface area contributed by atoms with Crippen LogP contribution in [0.15, 0.2) is 42.5 Å². The van der Waals surface area contributed by atoms with Crippen LogP contribution in [0.25, 0.3) is 10.9 Å². The van der Waals surface area contributed by atoms with E-state index in [1.54, 1.807) is 11.0 Å². The van der Waals surface area contributed by atoms with Crippen molar-refractivity contribution < 1.29 is 22.4 Å². The molecule has 0 radical (unpaired) electrons. The number of rotatable bonds is 2. The van der Waals surface area contributed by atoms with Crippen molar-refractivity contribution in [1.29, 1.82) is 0 Å². The maximum absolute atomic E-state index is 13.3. The second-order valence-electron chi connectivity index (χ2n) is 6.91. The van der Waals surface area contributed by atoms with Gasteiger partial charge in [0.1, 0.15) is 5.82 Å². The second-order valence-corrected chi connectivity index (χ2v) is 6.91. The number of carbonyl (C=O) groups is 1. The number of fused-ring (bicyclic) bond motifs is 1. The summed E-state index contributed by atoms with van der Waals surface area (Å²) >= 11 is 0. The standard InChI is InChI=1S/C20H17F4N3O/c21-13-5-6-15-17(11-13)25-26-18(15)19(28)27-9-7-12(8-10-27)14-3-1-2-4-16(14)20(22,23)24/h1-6,11-12H,7-10H2,(H,25,26). The molecule has 0 atom stereocenters. The van der Waals surface area contributed by atoms with Gasteiger partial charge in [-0.1, -0.05) is 18.2 Å². The lowest BCUT2D eigenvalue weighted by Gasteiger charge is -2.33. The molecule has 1 aromatic heterocycles. The Bertz CT molecular complexity index is 1020. The van der Waals surface area contributed by atoms with E-state index in [1.807, 2.05) is 0 Å². The highest BCUT2D eigenvalue weighted by atomic mass is 19.4. The van der Waals surface area contributed by atoms with Crippen molar-refractivity contribution in [3.63, 3.8) is 0 Å². The quantitative estimate of drug-likeness (QED) is 0.642. The topological polar surface area (TPSA) is 49.0 Å². The lowest BCUT2D eigenvalue weighted by molar-refractivity contribution is -0.138. The summed E-state index contributed by atoms with van der Waals surface area (Å²) in [6, 6.07) is 9.62. The van der Waals surface area contributed by atoms with E-state index in [2.05, 4.69) is 10.2 Å². The molecule has 0 spiro atoms. The van der Waals surface area contributed by atoms with E-state index in [-0.39, 0.29) is 23.1 Å².